The molecule has 0 aliphatic heterocycles. The smallest absolute Gasteiger partial charge is 0.191 e. The molecule has 0 aliphatic carbocycles. The van der Waals surface area contributed by atoms with Crippen molar-refractivity contribution in [2.24, 2.45) is 0 Å². The molecule has 1 aromatic heterocycles. The molecule has 0 unspecified atom stereocenters. The Morgan fingerprint density at radius 3 is 2.50 bits per heavy atom. The molecule has 0 amide bonds. The molecule has 20 heavy (non-hydrogen) atoms. The zero-order chi connectivity index (χ0) is 14.5. The molecule has 0 aliphatic rings. The molecule has 0 atom stereocenters. The third-order valence-electron chi connectivity index (χ3n) is 2.86. The van der Waals surface area contributed by atoms with E-state index in [-0.39, 0.29) is 5.78 Å². The van der Waals surface area contributed by atoms with Crippen molar-refractivity contribution in [3.8, 4) is 0 Å². The SMILES string of the molecule is CN(C)c1cc[n+](C=CC(=O)c2cccc(Br)c2)cc1. The summed E-state index contributed by atoms with van der Waals surface area (Å²) in [5.74, 6) is -0.0181. The third kappa shape index (κ3) is 3.78. The summed E-state index contributed by atoms with van der Waals surface area (Å²) in [4.78, 5) is 14.0. The molecule has 1 heterocycles. The Kier molecular flexibility index (Phi) is 4.69. The van der Waals surface area contributed by atoms with Crippen LogP contribution < -0.4 is 9.47 Å². The van der Waals surface area contributed by atoms with Gasteiger partial charge in [-0.3, -0.25) is 4.79 Å². The number of carbonyl (C=O) groups excluding carboxylic acids is 1. The first-order valence-corrected chi connectivity index (χ1v) is 7.02. The highest BCUT2D eigenvalue weighted by atomic mass is 79.9. The summed E-state index contributed by atoms with van der Waals surface area (Å²) >= 11 is 3.36. The summed E-state index contributed by atoms with van der Waals surface area (Å²) in [5.41, 5.74) is 1.79. The third-order valence-corrected chi connectivity index (χ3v) is 3.35. The van der Waals surface area contributed by atoms with Crippen LogP contribution in [0.5, 0.6) is 0 Å². The number of pyridine rings is 1. The van der Waals surface area contributed by atoms with E-state index in [1.165, 1.54) is 0 Å². The van der Waals surface area contributed by atoms with Crippen molar-refractivity contribution in [1.29, 1.82) is 0 Å². The topological polar surface area (TPSA) is 24.2 Å². The quantitative estimate of drug-likeness (QED) is 0.488. The molecular weight excluding hydrogens is 316 g/mol. The Morgan fingerprint density at radius 2 is 1.90 bits per heavy atom. The van der Waals surface area contributed by atoms with E-state index in [0.717, 1.165) is 10.2 Å². The van der Waals surface area contributed by atoms with Crippen LogP contribution >= 0.6 is 15.9 Å². The number of allylic oxidation sites excluding steroid dienone is 1. The minimum atomic E-state index is -0.0181. The van der Waals surface area contributed by atoms with Crippen molar-refractivity contribution >= 4 is 33.6 Å². The van der Waals surface area contributed by atoms with Crippen molar-refractivity contribution in [3.63, 3.8) is 0 Å². The van der Waals surface area contributed by atoms with Crippen LogP contribution in [0.15, 0.2) is 59.3 Å². The zero-order valence-corrected chi connectivity index (χ0v) is 13.0. The maximum atomic E-state index is 12.0. The highest BCUT2D eigenvalue weighted by Gasteiger charge is 2.04. The maximum Gasteiger partial charge on any atom is 0.191 e. The van der Waals surface area contributed by atoms with Gasteiger partial charge in [-0.25, -0.2) is 0 Å². The number of halogens is 1. The van der Waals surface area contributed by atoms with Gasteiger partial charge in [-0.2, -0.15) is 4.57 Å². The van der Waals surface area contributed by atoms with Gasteiger partial charge in [-0.05, 0) is 12.1 Å². The molecule has 102 valence electrons. The average Bonchev–Trinajstić information content (AvgIpc) is 2.45. The van der Waals surface area contributed by atoms with E-state index in [2.05, 4.69) is 15.9 Å². The van der Waals surface area contributed by atoms with Gasteiger partial charge in [0.2, 0.25) is 0 Å². The van der Waals surface area contributed by atoms with Gasteiger partial charge in [0.25, 0.3) is 0 Å². The van der Waals surface area contributed by atoms with E-state index in [0.29, 0.717) is 5.56 Å². The highest BCUT2D eigenvalue weighted by molar-refractivity contribution is 9.10. The molecule has 2 aromatic rings. The molecule has 0 saturated carbocycles. The van der Waals surface area contributed by atoms with E-state index < -0.39 is 0 Å². The lowest BCUT2D eigenvalue weighted by Crippen LogP contribution is -2.25. The molecule has 3 nitrogen and oxygen atoms in total. The number of hydrogen-bond acceptors (Lipinski definition) is 2. The van der Waals surface area contributed by atoms with Crippen molar-refractivity contribution in [2.45, 2.75) is 0 Å². The van der Waals surface area contributed by atoms with Crippen molar-refractivity contribution in [2.75, 3.05) is 19.0 Å². The molecule has 1 aromatic carbocycles. The Labute approximate surface area is 127 Å². The van der Waals surface area contributed by atoms with Crippen molar-refractivity contribution < 1.29 is 9.36 Å². The lowest BCUT2D eigenvalue weighted by Gasteiger charge is -2.09. The number of aromatic nitrogens is 1. The average molecular weight is 332 g/mol. The van der Waals surface area contributed by atoms with Gasteiger partial charge in [-0.15, -0.1) is 0 Å². The second-order valence-electron chi connectivity index (χ2n) is 4.59. The minimum Gasteiger partial charge on any atom is -0.377 e. The van der Waals surface area contributed by atoms with Crippen LogP contribution in [-0.2, 0) is 0 Å². The first-order chi connectivity index (χ1) is 9.56. The number of rotatable bonds is 4. The van der Waals surface area contributed by atoms with Crippen LogP contribution in [0, 0.1) is 0 Å². The maximum absolute atomic E-state index is 12.0. The predicted octanol–water partition coefficient (Wildman–Crippen LogP) is 3.16. The van der Waals surface area contributed by atoms with Crippen LogP contribution in [-0.4, -0.2) is 19.9 Å². The first-order valence-electron chi connectivity index (χ1n) is 6.22. The van der Waals surface area contributed by atoms with Gasteiger partial charge >= 0.3 is 0 Å². The summed E-state index contributed by atoms with van der Waals surface area (Å²) < 4.78 is 2.75. The summed E-state index contributed by atoms with van der Waals surface area (Å²) in [5, 5.41) is 0. The molecule has 0 saturated heterocycles. The summed E-state index contributed by atoms with van der Waals surface area (Å²) in [6.45, 7) is 0. The van der Waals surface area contributed by atoms with Crippen LogP contribution in [0.1, 0.15) is 10.4 Å². The van der Waals surface area contributed by atoms with E-state index in [9.17, 15) is 4.79 Å². The fraction of sp³-hybridized carbons (Fsp3) is 0.125. The molecule has 0 bridgehead atoms. The summed E-state index contributed by atoms with van der Waals surface area (Å²) in [6, 6.07) is 11.4. The molecular formula is C16H16BrN2O+. The van der Waals surface area contributed by atoms with E-state index in [1.54, 1.807) is 18.3 Å². The molecule has 0 spiro atoms. The second kappa shape index (κ2) is 6.48. The van der Waals surface area contributed by atoms with Gasteiger partial charge in [0.15, 0.2) is 24.4 Å². The highest BCUT2D eigenvalue weighted by Crippen LogP contribution is 2.12. The van der Waals surface area contributed by atoms with Gasteiger partial charge < -0.3 is 4.90 Å². The number of anilines is 1. The van der Waals surface area contributed by atoms with Crippen molar-refractivity contribution in [3.05, 3.63) is 64.9 Å². The Bertz CT molecular complexity index is 633. The van der Waals surface area contributed by atoms with Crippen LogP contribution in [0.2, 0.25) is 0 Å². The molecule has 4 heteroatoms. The fourth-order valence-corrected chi connectivity index (χ4v) is 2.12. The normalized spacial score (nSPS) is 10.8. The lowest BCUT2D eigenvalue weighted by atomic mass is 10.1. The molecule has 0 N–H and O–H groups in total. The first kappa shape index (κ1) is 14.5. The zero-order valence-electron chi connectivity index (χ0n) is 11.5. The predicted molar refractivity (Wildman–Crippen MR) is 84.8 cm³/mol. The van der Waals surface area contributed by atoms with Crippen LogP contribution in [0.25, 0.3) is 6.20 Å². The van der Waals surface area contributed by atoms with Gasteiger partial charge in [0.1, 0.15) is 0 Å². The number of nitrogens with zero attached hydrogens (tertiary/aromatic N) is 2. The molecule has 2 rings (SSSR count). The number of benzene rings is 1. The molecule has 0 radical (unpaired) electrons. The largest absolute Gasteiger partial charge is 0.377 e. The van der Waals surface area contributed by atoms with Crippen LogP contribution in [0.4, 0.5) is 5.69 Å². The Hall–Kier alpha value is -1.94. The van der Waals surface area contributed by atoms with E-state index >= 15 is 0 Å². The van der Waals surface area contributed by atoms with E-state index in [4.69, 9.17) is 0 Å². The van der Waals surface area contributed by atoms with Gasteiger partial charge in [-0.1, -0.05) is 28.1 Å². The molecule has 0 fully saturated rings. The van der Waals surface area contributed by atoms with Crippen molar-refractivity contribution in [1.82, 2.24) is 0 Å². The number of hydrogen-bond donors (Lipinski definition) is 0. The van der Waals surface area contributed by atoms with Crippen LogP contribution in [0.3, 0.4) is 0 Å². The minimum absolute atomic E-state index is 0.0181. The lowest BCUT2D eigenvalue weighted by molar-refractivity contribution is -0.568. The standard InChI is InChI=1S/C16H16BrN2O/c1-18(2)15-6-9-19(10-7-15)11-8-16(20)13-4-3-5-14(17)12-13/h3-12H,1-2H3/q+1. The summed E-state index contributed by atoms with van der Waals surface area (Å²) in [6.07, 6.45) is 7.15. The van der Waals surface area contributed by atoms with Gasteiger partial charge in [0.05, 0.1) is 6.08 Å². The van der Waals surface area contributed by atoms with E-state index in [1.807, 2.05) is 66.3 Å². The number of ketones is 1. The fourth-order valence-electron chi connectivity index (χ4n) is 1.72. The second-order valence-corrected chi connectivity index (χ2v) is 5.50. The summed E-state index contributed by atoms with van der Waals surface area (Å²) in [7, 11) is 3.98. The Morgan fingerprint density at radius 1 is 1.20 bits per heavy atom. The number of carbonyl (C=O) groups is 1. The monoisotopic (exact) mass is 331 g/mol. The van der Waals surface area contributed by atoms with Gasteiger partial charge in [0, 0.05) is 42.0 Å². The Balaban J connectivity index is 2.11.